The van der Waals surface area contributed by atoms with E-state index in [0.717, 1.165) is 5.56 Å². The average Bonchev–Trinajstić information content (AvgIpc) is 2.44. The van der Waals surface area contributed by atoms with Gasteiger partial charge in [0.25, 0.3) is 11.5 Å². The molecule has 2 aromatic rings. The maximum atomic E-state index is 11.8. The van der Waals surface area contributed by atoms with Crippen molar-refractivity contribution in [1.29, 1.82) is 0 Å². The van der Waals surface area contributed by atoms with Crippen molar-refractivity contribution in [2.45, 2.75) is 6.54 Å². The summed E-state index contributed by atoms with van der Waals surface area (Å²) in [4.78, 5) is 36.0. The van der Waals surface area contributed by atoms with Gasteiger partial charge in [0.2, 0.25) is 5.88 Å². The number of hydrogen-bond donors (Lipinski definition) is 4. The third kappa shape index (κ3) is 2.53. The van der Waals surface area contributed by atoms with Gasteiger partial charge in [-0.15, -0.1) is 0 Å². The summed E-state index contributed by atoms with van der Waals surface area (Å²) >= 11 is 0. The minimum atomic E-state index is -1.23. The number of hydrogen-bond acceptors (Lipinski definition) is 5. The monoisotopic (exact) mass is 277 g/mol. The molecular formula is C12H11N3O5. The Bertz CT molecular complexity index is 748. The van der Waals surface area contributed by atoms with Gasteiger partial charge in [0, 0.05) is 6.54 Å². The number of nitrogens with zero attached hydrogens (tertiary/aromatic N) is 1. The van der Waals surface area contributed by atoms with Crippen molar-refractivity contribution in [2.24, 2.45) is 0 Å². The minimum absolute atomic E-state index is 0.128. The molecule has 0 fully saturated rings. The van der Waals surface area contributed by atoms with E-state index in [-0.39, 0.29) is 11.3 Å². The molecule has 0 saturated heterocycles. The number of aromatic nitrogens is 2. The van der Waals surface area contributed by atoms with E-state index >= 15 is 0 Å². The van der Waals surface area contributed by atoms with Gasteiger partial charge >= 0.3 is 5.69 Å². The first-order valence-corrected chi connectivity index (χ1v) is 5.60. The van der Waals surface area contributed by atoms with E-state index in [1.807, 2.05) is 6.07 Å². The molecule has 20 heavy (non-hydrogen) atoms. The molecule has 0 spiro atoms. The summed E-state index contributed by atoms with van der Waals surface area (Å²) in [5, 5.41) is 21.0. The molecule has 1 aromatic carbocycles. The lowest BCUT2D eigenvalue weighted by atomic mass is 10.2. The van der Waals surface area contributed by atoms with Gasteiger partial charge < -0.3 is 15.6 Å². The van der Waals surface area contributed by atoms with Crippen LogP contribution in [0.15, 0.2) is 39.9 Å². The number of aromatic hydroxyl groups is 1. The van der Waals surface area contributed by atoms with Crippen molar-refractivity contribution in [1.82, 2.24) is 15.0 Å². The zero-order valence-corrected chi connectivity index (χ0v) is 10.2. The molecule has 1 heterocycles. The van der Waals surface area contributed by atoms with Crippen LogP contribution in [0.25, 0.3) is 0 Å². The standard InChI is InChI=1S/C12H11N3O5/c16-9(13-6-7-4-2-1-3-5-7)8-10(17)14-12(19)15(20)11(8)18/h1-5,18,20H,6H2,(H,13,16)(H,14,17,19). The number of benzene rings is 1. The molecule has 1 aromatic heterocycles. The van der Waals surface area contributed by atoms with E-state index in [9.17, 15) is 19.5 Å². The van der Waals surface area contributed by atoms with E-state index < -0.39 is 28.6 Å². The Hall–Kier alpha value is -3.03. The Morgan fingerprint density at radius 1 is 1.25 bits per heavy atom. The quantitative estimate of drug-likeness (QED) is 0.558. The largest absolute Gasteiger partial charge is 0.492 e. The number of carbonyl (C=O) groups is 1. The molecule has 0 saturated carbocycles. The zero-order valence-electron chi connectivity index (χ0n) is 10.2. The first-order chi connectivity index (χ1) is 9.50. The maximum absolute atomic E-state index is 11.8. The molecule has 0 aliphatic carbocycles. The number of aromatic amines is 1. The van der Waals surface area contributed by atoms with Crippen molar-refractivity contribution >= 4 is 5.91 Å². The summed E-state index contributed by atoms with van der Waals surface area (Å²) in [5.74, 6) is -2.01. The van der Waals surface area contributed by atoms with Gasteiger partial charge in [-0.3, -0.25) is 14.6 Å². The predicted molar refractivity (Wildman–Crippen MR) is 67.8 cm³/mol. The summed E-state index contributed by atoms with van der Waals surface area (Å²) < 4.78 is -0.209. The second-order valence-corrected chi connectivity index (χ2v) is 3.94. The number of nitrogens with one attached hydrogen (secondary N) is 2. The number of amides is 1. The summed E-state index contributed by atoms with van der Waals surface area (Å²) in [6.07, 6.45) is 0. The van der Waals surface area contributed by atoms with Gasteiger partial charge in [-0.05, 0) is 5.56 Å². The SMILES string of the molecule is O=C(NCc1ccccc1)c1c(O)n(O)c(=O)[nH]c1=O. The van der Waals surface area contributed by atoms with E-state index in [2.05, 4.69) is 5.32 Å². The number of rotatable bonds is 3. The topological polar surface area (TPSA) is 124 Å². The van der Waals surface area contributed by atoms with Crippen molar-refractivity contribution in [3.05, 3.63) is 62.3 Å². The number of carbonyl (C=O) groups excluding carboxylic acids is 1. The van der Waals surface area contributed by atoms with E-state index in [1.165, 1.54) is 0 Å². The lowest BCUT2D eigenvalue weighted by Gasteiger charge is -2.07. The van der Waals surface area contributed by atoms with Crippen LogP contribution in [0.3, 0.4) is 0 Å². The summed E-state index contributed by atoms with van der Waals surface area (Å²) in [7, 11) is 0. The first kappa shape index (κ1) is 13.4. The van der Waals surface area contributed by atoms with Crippen LogP contribution in [0.4, 0.5) is 0 Å². The molecule has 2 rings (SSSR count). The Balaban J connectivity index is 2.25. The van der Waals surface area contributed by atoms with E-state index in [4.69, 9.17) is 5.21 Å². The zero-order chi connectivity index (χ0) is 14.7. The van der Waals surface area contributed by atoms with Crippen LogP contribution in [-0.2, 0) is 6.54 Å². The van der Waals surface area contributed by atoms with E-state index in [1.54, 1.807) is 29.2 Å². The highest BCUT2D eigenvalue weighted by Gasteiger charge is 2.20. The summed E-state index contributed by atoms with van der Waals surface area (Å²) in [6.45, 7) is 0.128. The highest BCUT2D eigenvalue weighted by atomic mass is 16.5. The molecule has 104 valence electrons. The second kappa shape index (κ2) is 5.31. The molecule has 0 atom stereocenters. The fourth-order valence-corrected chi connectivity index (χ4v) is 1.59. The van der Waals surface area contributed by atoms with Crippen LogP contribution in [0.1, 0.15) is 15.9 Å². The lowest BCUT2D eigenvalue weighted by Crippen LogP contribution is -2.36. The second-order valence-electron chi connectivity index (χ2n) is 3.94. The van der Waals surface area contributed by atoms with E-state index in [0.29, 0.717) is 0 Å². The van der Waals surface area contributed by atoms with Crippen molar-refractivity contribution in [3.8, 4) is 5.88 Å². The van der Waals surface area contributed by atoms with Gasteiger partial charge in [0.05, 0.1) is 0 Å². The van der Waals surface area contributed by atoms with Gasteiger partial charge in [-0.2, -0.15) is 0 Å². The normalized spacial score (nSPS) is 10.2. The molecule has 0 radical (unpaired) electrons. The molecule has 0 unspecified atom stereocenters. The third-order valence-corrected chi connectivity index (χ3v) is 2.59. The molecule has 0 aliphatic rings. The lowest BCUT2D eigenvalue weighted by molar-refractivity contribution is 0.0925. The highest BCUT2D eigenvalue weighted by Crippen LogP contribution is 2.08. The van der Waals surface area contributed by atoms with Crippen LogP contribution in [0, 0.1) is 0 Å². The fraction of sp³-hybridized carbons (Fsp3) is 0.0833. The Kier molecular flexibility index (Phi) is 3.56. The third-order valence-electron chi connectivity index (χ3n) is 2.59. The average molecular weight is 277 g/mol. The number of H-pyrrole nitrogens is 1. The molecule has 8 heteroatoms. The van der Waals surface area contributed by atoms with Crippen LogP contribution < -0.4 is 16.6 Å². The first-order valence-electron chi connectivity index (χ1n) is 5.60. The Labute approximate surface area is 111 Å². The molecule has 0 bridgehead atoms. The smallest absolute Gasteiger partial charge is 0.364 e. The minimum Gasteiger partial charge on any atom is -0.492 e. The maximum Gasteiger partial charge on any atom is 0.364 e. The summed E-state index contributed by atoms with van der Waals surface area (Å²) in [5.41, 5.74) is -2.26. The molecule has 4 N–H and O–H groups in total. The predicted octanol–water partition coefficient (Wildman–Crippen LogP) is -0.591. The van der Waals surface area contributed by atoms with Crippen LogP contribution in [0.2, 0.25) is 0 Å². The molecule has 8 nitrogen and oxygen atoms in total. The van der Waals surface area contributed by atoms with Gasteiger partial charge in [-0.25, -0.2) is 4.79 Å². The Morgan fingerprint density at radius 2 is 1.90 bits per heavy atom. The molecular weight excluding hydrogens is 266 g/mol. The van der Waals surface area contributed by atoms with Crippen molar-refractivity contribution < 1.29 is 15.1 Å². The summed E-state index contributed by atoms with van der Waals surface area (Å²) in [6, 6.07) is 8.89. The van der Waals surface area contributed by atoms with Gasteiger partial charge in [0.15, 0.2) is 5.56 Å². The highest BCUT2D eigenvalue weighted by molar-refractivity contribution is 5.95. The molecule has 0 aliphatic heterocycles. The van der Waals surface area contributed by atoms with Crippen LogP contribution >= 0.6 is 0 Å². The van der Waals surface area contributed by atoms with Gasteiger partial charge in [-0.1, -0.05) is 35.1 Å². The van der Waals surface area contributed by atoms with Crippen molar-refractivity contribution in [2.75, 3.05) is 0 Å². The van der Waals surface area contributed by atoms with Crippen LogP contribution in [-0.4, -0.2) is 25.9 Å². The van der Waals surface area contributed by atoms with Crippen LogP contribution in [0.5, 0.6) is 5.88 Å². The Morgan fingerprint density at radius 3 is 2.55 bits per heavy atom. The fourth-order valence-electron chi connectivity index (χ4n) is 1.59. The van der Waals surface area contributed by atoms with Gasteiger partial charge in [0.1, 0.15) is 0 Å². The molecule has 1 amide bonds. The van der Waals surface area contributed by atoms with Crippen molar-refractivity contribution in [3.63, 3.8) is 0 Å².